The molecule has 2 fully saturated rings. The Morgan fingerprint density at radius 1 is 1.14 bits per heavy atom. The summed E-state index contributed by atoms with van der Waals surface area (Å²) in [6, 6.07) is 4.36. The Labute approximate surface area is 201 Å². The molecule has 11 heteroatoms. The number of amides is 2. The van der Waals surface area contributed by atoms with E-state index in [1.54, 1.807) is 12.4 Å². The molecule has 2 heterocycles. The lowest BCUT2D eigenvalue weighted by molar-refractivity contribution is -0.137. The highest BCUT2D eigenvalue weighted by molar-refractivity contribution is 5.96. The van der Waals surface area contributed by atoms with Crippen molar-refractivity contribution in [1.29, 1.82) is 0 Å². The SMILES string of the molecule is O=C(CNC(=O)c1cccc(C(F)(F)F)c1)N[C@@H]1CCN(C2CCC(O)(N3C=CNC=C3)CC2)C1. The molecule has 0 spiro atoms. The van der Waals surface area contributed by atoms with E-state index in [0.29, 0.717) is 25.4 Å². The van der Waals surface area contributed by atoms with Gasteiger partial charge in [0, 0.05) is 55.5 Å². The van der Waals surface area contributed by atoms with Crippen LogP contribution in [-0.4, -0.2) is 64.2 Å². The van der Waals surface area contributed by atoms with Gasteiger partial charge in [-0.25, -0.2) is 0 Å². The zero-order valence-electron chi connectivity index (χ0n) is 19.2. The zero-order valence-corrected chi connectivity index (χ0v) is 19.2. The third-order valence-electron chi connectivity index (χ3n) is 6.86. The van der Waals surface area contributed by atoms with Crippen LogP contribution in [0, 0.1) is 0 Å². The fraction of sp³-hybridized carbons (Fsp3) is 0.500. The van der Waals surface area contributed by atoms with E-state index in [9.17, 15) is 27.9 Å². The van der Waals surface area contributed by atoms with Crippen LogP contribution in [-0.2, 0) is 11.0 Å². The van der Waals surface area contributed by atoms with Crippen LogP contribution in [0.4, 0.5) is 13.2 Å². The highest BCUT2D eigenvalue weighted by Gasteiger charge is 2.40. The predicted octanol–water partition coefficient (Wildman–Crippen LogP) is 2.10. The number of nitrogens with zero attached hydrogens (tertiary/aromatic N) is 2. The average molecular weight is 494 g/mol. The second-order valence-electron chi connectivity index (χ2n) is 9.23. The Morgan fingerprint density at radius 3 is 2.54 bits per heavy atom. The number of carbonyl (C=O) groups excluding carboxylic acids is 2. The first-order valence-electron chi connectivity index (χ1n) is 11.7. The number of halogens is 3. The molecule has 3 aliphatic rings. The molecule has 8 nitrogen and oxygen atoms in total. The molecule has 1 atom stereocenters. The van der Waals surface area contributed by atoms with Crippen LogP contribution < -0.4 is 16.0 Å². The van der Waals surface area contributed by atoms with Crippen molar-refractivity contribution in [3.63, 3.8) is 0 Å². The van der Waals surface area contributed by atoms with Crippen LogP contribution in [0.15, 0.2) is 49.1 Å². The number of carbonyl (C=O) groups is 2. The molecule has 1 aromatic carbocycles. The Bertz CT molecular complexity index is 977. The molecule has 0 unspecified atom stereocenters. The Kier molecular flexibility index (Phi) is 7.36. The van der Waals surface area contributed by atoms with E-state index in [2.05, 4.69) is 20.9 Å². The number of hydrogen-bond donors (Lipinski definition) is 4. The van der Waals surface area contributed by atoms with E-state index in [0.717, 1.165) is 44.0 Å². The molecule has 0 radical (unpaired) electrons. The highest BCUT2D eigenvalue weighted by atomic mass is 19.4. The molecule has 190 valence electrons. The fourth-order valence-corrected chi connectivity index (χ4v) is 4.93. The van der Waals surface area contributed by atoms with Gasteiger partial charge in [-0.2, -0.15) is 13.2 Å². The molecule has 1 saturated heterocycles. The van der Waals surface area contributed by atoms with E-state index in [-0.39, 0.29) is 24.1 Å². The summed E-state index contributed by atoms with van der Waals surface area (Å²) in [4.78, 5) is 28.7. The van der Waals surface area contributed by atoms with E-state index < -0.39 is 23.4 Å². The quantitative estimate of drug-likeness (QED) is 0.485. The average Bonchev–Trinajstić information content (AvgIpc) is 3.31. The summed E-state index contributed by atoms with van der Waals surface area (Å²) in [5.41, 5.74) is -1.96. The van der Waals surface area contributed by atoms with E-state index >= 15 is 0 Å². The number of rotatable bonds is 6. The van der Waals surface area contributed by atoms with Gasteiger partial charge in [0.05, 0.1) is 12.1 Å². The van der Waals surface area contributed by atoms with Crippen molar-refractivity contribution in [2.45, 2.75) is 56.1 Å². The summed E-state index contributed by atoms with van der Waals surface area (Å²) >= 11 is 0. The normalized spacial score (nSPS) is 26.9. The molecule has 2 amide bonds. The molecule has 4 N–H and O–H groups in total. The maximum Gasteiger partial charge on any atom is 0.416 e. The first kappa shape index (κ1) is 25.1. The lowest BCUT2D eigenvalue weighted by Crippen LogP contribution is -2.50. The Balaban J connectivity index is 1.20. The Morgan fingerprint density at radius 2 is 1.86 bits per heavy atom. The lowest BCUT2D eigenvalue weighted by Gasteiger charge is -2.44. The molecule has 1 saturated carbocycles. The van der Waals surface area contributed by atoms with Crippen molar-refractivity contribution in [3.8, 4) is 0 Å². The fourth-order valence-electron chi connectivity index (χ4n) is 4.93. The van der Waals surface area contributed by atoms with Crippen molar-refractivity contribution in [3.05, 3.63) is 60.2 Å². The van der Waals surface area contributed by atoms with Gasteiger partial charge in [0.15, 0.2) is 0 Å². The summed E-state index contributed by atoms with van der Waals surface area (Å²) in [6.45, 7) is 1.20. The standard InChI is InChI=1S/C24H30F3N5O3/c25-24(26,27)18-3-1-2-17(14-18)22(34)29-15-21(33)30-19-6-11-31(16-19)20-4-7-23(35,8-5-20)32-12-9-28-10-13-32/h1-3,9-10,12-14,19-20,28,35H,4-8,11,15-16H2,(H,29,34)(H,30,33)/t19-,20?,23?/m1/s1. The number of hydrogen-bond acceptors (Lipinski definition) is 6. The second-order valence-corrected chi connectivity index (χ2v) is 9.23. The summed E-state index contributed by atoms with van der Waals surface area (Å²) in [7, 11) is 0. The summed E-state index contributed by atoms with van der Waals surface area (Å²) in [5, 5.41) is 19.2. The summed E-state index contributed by atoms with van der Waals surface area (Å²) in [5.74, 6) is -1.12. The monoisotopic (exact) mass is 493 g/mol. The van der Waals surface area contributed by atoms with Crippen molar-refractivity contribution in [2.75, 3.05) is 19.6 Å². The minimum absolute atomic E-state index is 0.0622. The smallest absolute Gasteiger partial charge is 0.371 e. The minimum atomic E-state index is -4.54. The van der Waals surface area contributed by atoms with Crippen molar-refractivity contribution < 1.29 is 27.9 Å². The van der Waals surface area contributed by atoms with Gasteiger partial charge in [-0.1, -0.05) is 6.07 Å². The van der Waals surface area contributed by atoms with Gasteiger partial charge in [0.25, 0.3) is 5.91 Å². The van der Waals surface area contributed by atoms with Crippen molar-refractivity contribution in [2.24, 2.45) is 0 Å². The van der Waals surface area contributed by atoms with Crippen LogP contribution in [0.3, 0.4) is 0 Å². The molecule has 2 aliphatic heterocycles. The largest absolute Gasteiger partial charge is 0.416 e. The molecule has 1 aliphatic carbocycles. The van der Waals surface area contributed by atoms with Gasteiger partial charge >= 0.3 is 6.18 Å². The van der Waals surface area contributed by atoms with Gasteiger partial charge in [0.1, 0.15) is 5.72 Å². The molecule has 35 heavy (non-hydrogen) atoms. The van der Waals surface area contributed by atoms with E-state index in [1.807, 2.05) is 17.3 Å². The highest BCUT2D eigenvalue weighted by Crippen LogP contribution is 2.35. The maximum absolute atomic E-state index is 12.8. The van der Waals surface area contributed by atoms with Crippen LogP contribution in [0.1, 0.15) is 48.0 Å². The molecule has 4 rings (SSSR count). The topological polar surface area (TPSA) is 96.9 Å². The Hall–Kier alpha value is -3.05. The number of aliphatic hydroxyl groups is 1. The van der Waals surface area contributed by atoms with Gasteiger partial charge in [0.2, 0.25) is 5.91 Å². The molecule has 0 aromatic heterocycles. The number of nitrogens with one attached hydrogen (secondary N) is 3. The van der Waals surface area contributed by atoms with Crippen molar-refractivity contribution in [1.82, 2.24) is 25.8 Å². The number of likely N-dealkylation sites (tertiary alicyclic amines) is 1. The van der Waals surface area contributed by atoms with Crippen LogP contribution in [0.2, 0.25) is 0 Å². The molecular weight excluding hydrogens is 463 g/mol. The third kappa shape index (κ3) is 6.15. The molecular formula is C24H30F3N5O3. The van der Waals surface area contributed by atoms with Crippen LogP contribution in [0.25, 0.3) is 0 Å². The minimum Gasteiger partial charge on any atom is -0.371 e. The lowest BCUT2D eigenvalue weighted by atomic mass is 9.86. The van der Waals surface area contributed by atoms with Crippen molar-refractivity contribution >= 4 is 11.8 Å². The van der Waals surface area contributed by atoms with Gasteiger partial charge in [-0.3, -0.25) is 14.5 Å². The van der Waals surface area contributed by atoms with Gasteiger partial charge in [-0.05, 0) is 50.3 Å². The summed E-state index contributed by atoms with van der Waals surface area (Å²) < 4.78 is 38.5. The van der Waals surface area contributed by atoms with Gasteiger partial charge < -0.3 is 26.0 Å². The zero-order chi connectivity index (χ0) is 25.1. The first-order valence-corrected chi connectivity index (χ1v) is 11.7. The van der Waals surface area contributed by atoms with Crippen LogP contribution in [0.5, 0.6) is 0 Å². The number of benzene rings is 1. The van der Waals surface area contributed by atoms with Crippen LogP contribution >= 0.6 is 0 Å². The first-order chi connectivity index (χ1) is 16.6. The molecule has 1 aromatic rings. The number of alkyl halides is 3. The maximum atomic E-state index is 12.8. The second kappa shape index (κ2) is 10.3. The molecule has 0 bridgehead atoms. The van der Waals surface area contributed by atoms with Gasteiger partial charge in [-0.15, -0.1) is 0 Å². The predicted molar refractivity (Wildman–Crippen MR) is 122 cm³/mol. The summed E-state index contributed by atoms with van der Waals surface area (Å²) in [6.07, 6.45) is 6.41. The third-order valence-corrected chi connectivity index (χ3v) is 6.86. The van der Waals surface area contributed by atoms with E-state index in [4.69, 9.17) is 0 Å². The van der Waals surface area contributed by atoms with E-state index in [1.165, 1.54) is 6.07 Å².